The second-order valence-corrected chi connectivity index (χ2v) is 4.79. The van der Waals surface area contributed by atoms with E-state index in [0.717, 1.165) is 5.56 Å². The number of rotatable bonds is 6. The van der Waals surface area contributed by atoms with Gasteiger partial charge in [0.25, 0.3) is 5.91 Å². The van der Waals surface area contributed by atoms with Crippen molar-refractivity contribution in [2.75, 3.05) is 13.2 Å². The maximum absolute atomic E-state index is 11.6. The van der Waals surface area contributed by atoms with Crippen molar-refractivity contribution in [2.45, 2.75) is 26.8 Å². The molecule has 20 heavy (non-hydrogen) atoms. The molecule has 1 aromatic rings. The van der Waals surface area contributed by atoms with E-state index in [1.165, 1.54) is 0 Å². The zero-order valence-corrected chi connectivity index (χ0v) is 12.6. The molecule has 2 amide bonds. The van der Waals surface area contributed by atoms with E-state index < -0.39 is 6.04 Å². The van der Waals surface area contributed by atoms with Gasteiger partial charge in [-0.1, -0.05) is 11.6 Å². The quantitative estimate of drug-likeness (QED) is 0.839. The summed E-state index contributed by atoms with van der Waals surface area (Å²) in [5, 5.41) is 5.83. The highest BCUT2D eigenvalue weighted by Gasteiger charge is 2.14. The lowest BCUT2D eigenvalue weighted by Crippen LogP contribution is -2.46. The summed E-state index contributed by atoms with van der Waals surface area (Å²) in [4.78, 5) is 23.1. The number of nitrogens with one attached hydrogen (secondary N) is 2. The van der Waals surface area contributed by atoms with Crippen LogP contribution in [-0.2, 0) is 9.59 Å². The lowest BCUT2D eigenvalue weighted by atomic mass is 10.2. The van der Waals surface area contributed by atoms with Crippen LogP contribution in [-0.4, -0.2) is 31.0 Å². The van der Waals surface area contributed by atoms with Crippen LogP contribution in [0.3, 0.4) is 0 Å². The fourth-order valence-corrected chi connectivity index (χ4v) is 1.65. The second-order valence-electron chi connectivity index (χ2n) is 4.38. The summed E-state index contributed by atoms with van der Waals surface area (Å²) >= 11 is 5.90. The van der Waals surface area contributed by atoms with E-state index >= 15 is 0 Å². The van der Waals surface area contributed by atoms with Gasteiger partial charge in [0.1, 0.15) is 11.8 Å². The standard InChI is InChI=1S/C14H19ClN2O3/c1-4-16-14(19)10(3)17-13(18)8-20-11-5-6-12(15)9(2)7-11/h5-7,10H,4,8H2,1-3H3,(H,16,19)(H,17,18)/t10-/m1/s1. The van der Waals surface area contributed by atoms with Gasteiger partial charge in [-0.25, -0.2) is 0 Å². The molecule has 0 unspecified atom stereocenters. The van der Waals surface area contributed by atoms with Crippen molar-refractivity contribution in [1.29, 1.82) is 0 Å². The van der Waals surface area contributed by atoms with Crippen molar-refractivity contribution in [1.82, 2.24) is 10.6 Å². The number of hydrogen-bond donors (Lipinski definition) is 2. The Hall–Kier alpha value is -1.75. The molecule has 1 aromatic carbocycles. The molecule has 0 bridgehead atoms. The first-order chi connectivity index (χ1) is 9.43. The summed E-state index contributed by atoms with van der Waals surface area (Å²) in [6.45, 7) is 5.67. The van der Waals surface area contributed by atoms with Gasteiger partial charge in [-0.3, -0.25) is 9.59 Å². The molecule has 1 rings (SSSR count). The molecule has 0 saturated heterocycles. The highest BCUT2D eigenvalue weighted by atomic mass is 35.5. The normalized spacial score (nSPS) is 11.6. The van der Waals surface area contributed by atoms with Crippen LogP contribution in [0.15, 0.2) is 18.2 Å². The third kappa shape index (κ3) is 5.09. The summed E-state index contributed by atoms with van der Waals surface area (Å²) in [5.74, 6) is -0.00717. The smallest absolute Gasteiger partial charge is 0.258 e. The number of hydrogen-bond acceptors (Lipinski definition) is 3. The number of ether oxygens (including phenoxy) is 1. The van der Waals surface area contributed by atoms with Crippen molar-refractivity contribution in [3.05, 3.63) is 28.8 Å². The second kappa shape index (κ2) is 7.75. The molecule has 0 aromatic heterocycles. The largest absolute Gasteiger partial charge is 0.484 e. The Balaban J connectivity index is 2.43. The van der Waals surface area contributed by atoms with Crippen molar-refractivity contribution in [3.8, 4) is 5.75 Å². The summed E-state index contributed by atoms with van der Waals surface area (Å²) < 4.78 is 5.34. The number of aryl methyl sites for hydroxylation is 1. The van der Waals surface area contributed by atoms with Gasteiger partial charge in [0.15, 0.2) is 6.61 Å². The monoisotopic (exact) mass is 298 g/mol. The van der Waals surface area contributed by atoms with Crippen LogP contribution < -0.4 is 15.4 Å². The average Bonchev–Trinajstić information content (AvgIpc) is 2.40. The Morgan fingerprint density at radius 3 is 2.70 bits per heavy atom. The minimum atomic E-state index is -0.585. The SMILES string of the molecule is CCNC(=O)[C@@H](C)NC(=O)COc1ccc(Cl)c(C)c1. The molecule has 0 aliphatic rings. The van der Waals surface area contributed by atoms with E-state index in [9.17, 15) is 9.59 Å². The Kier molecular flexibility index (Phi) is 6.31. The average molecular weight is 299 g/mol. The summed E-state index contributed by atoms with van der Waals surface area (Å²) in [6, 6.07) is 4.57. The van der Waals surface area contributed by atoms with E-state index in [4.69, 9.17) is 16.3 Å². The first-order valence-electron chi connectivity index (χ1n) is 6.40. The van der Waals surface area contributed by atoms with Crippen molar-refractivity contribution >= 4 is 23.4 Å². The first kappa shape index (κ1) is 16.3. The molecule has 0 radical (unpaired) electrons. The summed E-state index contributed by atoms with van der Waals surface area (Å²) in [6.07, 6.45) is 0. The molecular formula is C14H19ClN2O3. The fraction of sp³-hybridized carbons (Fsp3) is 0.429. The predicted octanol–water partition coefficient (Wildman–Crippen LogP) is 1.67. The molecular weight excluding hydrogens is 280 g/mol. The minimum absolute atomic E-state index is 0.148. The van der Waals surface area contributed by atoms with Gasteiger partial charge < -0.3 is 15.4 Å². The maximum Gasteiger partial charge on any atom is 0.258 e. The lowest BCUT2D eigenvalue weighted by molar-refractivity contribution is -0.129. The van der Waals surface area contributed by atoms with Gasteiger partial charge in [0, 0.05) is 11.6 Å². The van der Waals surface area contributed by atoms with E-state index in [-0.39, 0.29) is 18.4 Å². The number of carbonyl (C=O) groups excluding carboxylic acids is 2. The van der Waals surface area contributed by atoms with Crippen LogP contribution in [0, 0.1) is 6.92 Å². The van der Waals surface area contributed by atoms with Gasteiger partial charge in [0.05, 0.1) is 0 Å². The van der Waals surface area contributed by atoms with Crippen LogP contribution in [0.4, 0.5) is 0 Å². The van der Waals surface area contributed by atoms with Gasteiger partial charge in [-0.05, 0) is 44.5 Å². The molecule has 0 aliphatic carbocycles. The summed E-state index contributed by atoms with van der Waals surface area (Å²) in [7, 11) is 0. The highest BCUT2D eigenvalue weighted by Crippen LogP contribution is 2.20. The van der Waals surface area contributed by atoms with Crippen LogP contribution >= 0.6 is 11.6 Å². The number of halogens is 1. The van der Waals surface area contributed by atoms with E-state index in [1.54, 1.807) is 25.1 Å². The number of amides is 2. The van der Waals surface area contributed by atoms with Crippen LogP contribution in [0.25, 0.3) is 0 Å². The lowest BCUT2D eigenvalue weighted by Gasteiger charge is -2.14. The predicted molar refractivity (Wildman–Crippen MR) is 78.0 cm³/mol. The molecule has 0 saturated carbocycles. The molecule has 5 nitrogen and oxygen atoms in total. The summed E-state index contributed by atoms with van der Waals surface area (Å²) in [5.41, 5.74) is 0.875. The van der Waals surface area contributed by atoms with Gasteiger partial charge in [0.2, 0.25) is 5.91 Å². The Bertz CT molecular complexity index is 491. The molecule has 2 N–H and O–H groups in total. The van der Waals surface area contributed by atoms with Gasteiger partial charge >= 0.3 is 0 Å². The zero-order valence-electron chi connectivity index (χ0n) is 11.8. The van der Waals surface area contributed by atoms with Gasteiger partial charge in [-0.15, -0.1) is 0 Å². The number of likely N-dealkylation sites (N-methyl/N-ethyl adjacent to an activating group) is 1. The topological polar surface area (TPSA) is 67.4 Å². The van der Waals surface area contributed by atoms with E-state index in [0.29, 0.717) is 17.3 Å². The molecule has 110 valence electrons. The minimum Gasteiger partial charge on any atom is -0.484 e. The molecule has 0 fully saturated rings. The first-order valence-corrected chi connectivity index (χ1v) is 6.77. The van der Waals surface area contributed by atoms with E-state index in [2.05, 4.69) is 10.6 Å². The fourth-order valence-electron chi connectivity index (χ4n) is 1.53. The van der Waals surface area contributed by atoms with Crippen molar-refractivity contribution in [2.24, 2.45) is 0 Å². The molecule has 0 spiro atoms. The maximum atomic E-state index is 11.6. The molecule has 6 heteroatoms. The third-order valence-electron chi connectivity index (χ3n) is 2.62. The zero-order chi connectivity index (χ0) is 15.1. The number of benzene rings is 1. The Morgan fingerprint density at radius 1 is 1.40 bits per heavy atom. The number of carbonyl (C=O) groups is 2. The van der Waals surface area contributed by atoms with Crippen molar-refractivity contribution in [3.63, 3.8) is 0 Å². The van der Waals surface area contributed by atoms with Crippen LogP contribution in [0.1, 0.15) is 19.4 Å². The highest BCUT2D eigenvalue weighted by molar-refractivity contribution is 6.31. The molecule has 0 heterocycles. The third-order valence-corrected chi connectivity index (χ3v) is 3.05. The van der Waals surface area contributed by atoms with Crippen molar-refractivity contribution < 1.29 is 14.3 Å². The van der Waals surface area contributed by atoms with Crippen LogP contribution in [0.2, 0.25) is 5.02 Å². The van der Waals surface area contributed by atoms with E-state index in [1.807, 2.05) is 13.8 Å². The van der Waals surface area contributed by atoms with Gasteiger partial charge in [-0.2, -0.15) is 0 Å². The molecule has 1 atom stereocenters. The Labute approximate surface area is 123 Å². The Morgan fingerprint density at radius 2 is 2.10 bits per heavy atom. The molecule has 0 aliphatic heterocycles. The van der Waals surface area contributed by atoms with Crippen LogP contribution in [0.5, 0.6) is 5.75 Å².